The summed E-state index contributed by atoms with van der Waals surface area (Å²) in [5.41, 5.74) is 1.55. The Bertz CT molecular complexity index is 961. The first-order valence-corrected chi connectivity index (χ1v) is 12.3. The van der Waals surface area contributed by atoms with Crippen molar-refractivity contribution >= 4 is 35.0 Å². The van der Waals surface area contributed by atoms with E-state index in [4.69, 9.17) is 32.7 Å². The quantitative estimate of drug-likeness (QED) is 0.401. The van der Waals surface area contributed by atoms with Gasteiger partial charge in [0.25, 0.3) is 0 Å². The van der Waals surface area contributed by atoms with Crippen molar-refractivity contribution in [1.29, 1.82) is 0 Å². The molecular formula is C26H34Cl2N2O4. The Kier molecular flexibility index (Phi) is 11.0. The summed E-state index contributed by atoms with van der Waals surface area (Å²) in [5, 5.41) is 3.78. The minimum Gasteiger partial charge on any atom is -0.490 e. The number of carbonyl (C=O) groups is 2. The van der Waals surface area contributed by atoms with Crippen LogP contribution in [0.2, 0.25) is 10.0 Å². The molecule has 0 spiro atoms. The van der Waals surface area contributed by atoms with E-state index in [0.29, 0.717) is 46.7 Å². The predicted octanol–water partition coefficient (Wildman–Crippen LogP) is 5.67. The maximum Gasteiger partial charge on any atom is 0.242 e. The molecule has 0 aromatic heterocycles. The number of aryl methyl sites for hydroxylation is 1. The van der Waals surface area contributed by atoms with Gasteiger partial charge in [-0.25, -0.2) is 0 Å². The molecule has 0 unspecified atom stereocenters. The normalized spacial score (nSPS) is 11.8. The highest BCUT2D eigenvalue weighted by Gasteiger charge is 2.27. The average molecular weight is 509 g/mol. The second-order valence-corrected chi connectivity index (χ2v) is 9.02. The van der Waals surface area contributed by atoms with E-state index in [0.717, 1.165) is 5.56 Å². The summed E-state index contributed by atoms with van der Waals surface area (Å²) in [6.07, 6.45) is 0.692. The maximum atomic E-state index is 13.4. The Labute approximate surface area is 212 Å². The van der Waals surface area contributed by atoms with Crippen LogP contribution < -0.4 is 14.8 Å². The molecule has 6 nitrogen and oxygen atoms in total. The lowest BCUT2D eigenvalue weighted by Gasteiger charge is -2.30. The number of amides is 2. The summed E-state index contributed by atoms with van der Waals surface area (Å²) in [6.45, 7) is 10.5. The van der Waals surface area contributed by atoms with Gasteiger partial charge in [-0.1, -0.05) is 35.3 Å². The van der Waals surface area contributed by atoms with Gasteiger partial charge in [-0.2, -0.15) is 0 Å². The van der Waals surface area contributed by atoms with Gasteiger partial charge in [-0.15, -0.1) is 0 Å². The van der Waals surface area contributed by atoms with Crippen molar-refractivity contribution in [3.63, 3.8) is 0 Å². The van der Waals surface area contributed by atoms with E-state index in [1.807, 2.05) is 45.9 Å². The Morgan fingerprint density at radius 1 is 0.971 bits per heavy atom. The number of halogens is 2. The van der Waals surface area contributed by atoms with Gasteiger partial charge in [0.05, 0.1) is 13.2 Å². The first-order valence-electron chi connectivity index (χ1n) is 11.6. The summed E-state index contributed by atoms with van der Waals surface area (Å²) in [4.78, 5) is 27.6. The lowest BCUT2D eigenvalue weighted by atomic mass is 10.1. The SMILES string of the molecule is CCOc1ccc(CCC(=O)N(Cc2c(Cl)cccc2Cl)[C@H](C)C(=O)NC(C)C)cc1OCC. The molecule has 0 saturated heterocycles. The molecular weight excluding hydrogens is 475 g/mol. The minimum atomic E-state index is -0.693. The maximum absolute atomic E-state index is 13.4. The van der Waals surface area contributed by atoms with Crippen LogP contribution in [0.15, 0.2) is 36.4 Å². The topological polar surface area (TPSA) is 67.9 Å². The molecule has 0 radical (unpaired) electrons. The largest absolute Gasteiger partial charge is 0.490 e. The molecule has 0 fully saturated rings. The van der Waals surface area contributed by atoms with Crippen molar-refractivity contribution < 1.29 is 19.1 Å². The van der Waals surface area contributed by atoms with E-state index < -0.39 is 6.04 Å². The lowest BCUT2D eigenvalue weighted by molar-refractivity contribution is -0.140. The molecule has 0 aliphatic heterocycles. The van der Waals surface area contributed by atoms with Crippen LogP contribution in [-0.2, 0) is 22.6 Å². The first kappa shape index (κ1) is 27.8. The summed E-state index contributed by atoms with van der Waals surface area (Å²) >= 11 is 12.7. The first-order chi connectivity index (χ1) is 16.2. The Hall–Kier alpha value is -2.44. The number of ether oxygens (including phenoxy) is 2. The van der Waals surface area contributed by atoms with E-state index in [-0.39, 0.29) is 30.8 Å². The molecule has 0 heterocycles. The smallest absolute Gasteiger partial charge is 0.242 e. The van der Waals surface area contributed by atoms with E-state index >= 15 is 0 Å². The van der Waals surface area contributed by atoms with Crippen molar-refractivity contribution in [2.24, 2.45) is 0 Å². The molecule has 0 saturated carbocycles. The van der Waals surface area contributed by atoms with Gasteiger partial charge in [0.2, 0.25) is 11.8 Å². The van der Waals surface area contributed by atoms with Gasteiger partial charge in [-0.05, 0) is 70.9 Å². The summed E-state index contributed by atoms with van der Waals surface area (Å²) in [6, 6.07) is 10.1. The van der Waals surface area contributed by atoms with E-state index in [2.05, 4.69) is 5.32 Å². The molecule has 0 bridgehead atoms. The number of nitrogens with zero attached hydrogens (tertiary/aromatic N) is 1. The number of hydrogen-bond acceptors (Lipinski definition) is 4. The molecule has 1 N–H and O–H groups in total. The molecule has 8 heteroatoms. The molecule has 2 amide bonds. The van der Waals surface area contributed by atoms with Crippen molar-refractivity contribution in [2.75, 3.05) is 13.2 Å². The number of carbonyl (C=O) groups excluding carboxylic acids is 2. The van der Waals surface area contributed by atoms with Crippen LogP contribution in [-0.4, -0.2) is 42.0 Å². The number of hydrogen-bond donors (Lipinski definition) is 1. The molecule has 2 rings (SSSR count). The van der Waals surface area contributed by atoms with Gasteiger partial charge < -0.3 is 19.7 Å². The van der Waals surface area contributed by atoms with Crippen LogP contribution in [0.4, 0.5) is 0 Å². The van der Waals surface area contributed by atoms with Gasteiger partial charge in [0.1, 0.15) is 6.04 Å². The molecule has 0 aliphatic rings. The average Bonchev–Trinajstić information content (AvgIpc) is 2.78. The van der Waals surface area contributed by atoms with Crippen molar-refractivity contribution in [3.05, 3.63) is 57.6 Å². The summed E-state index contributed by atoms with van der Waals surface area (Å²) < 4.78 is 11.3. The third-order valence-corrected chi connectivity index (χ3v) is 5.93. The molecule has 2 aromatic rings. The number of nitrogens with one attached hydrogen (secondary N) is 1. The van der Waals surface area contributed by atoms with Crippen LogP contribution in [0.5, 0.6) is 11.5 Å². The molecule has 34 heavy (non-hydrogen) atoms. The highest BCUT2D eigenvalue weighted by Crippen LogP contribution is 2.30. The molecule has 186 valence electrons. The zero-order valence-electron chi connectivity index (χ0n) is 20.5. The van der Waals surface area contributed by atoms with Crippen LogP contribution in [0, 0.1) is 0 Å². The summed E-state index contributed by atoms with van der Waals surface area (Å²) in [7, 11) is 0. The number of rotatable bonds is 12. The summed E-state index contributed by atoms with van der Waals surface area (Å²) in [5.74, 6) is 0.924. The zero-order valence-corrected chi connectivity index (χ0v) is 22.0. The van der Waals surface area contributed by atoms with Gasteiger partial charge >= 0.3 is 0 Å². The van der Waals surface area contributed by atoms with Gasteiger partial charge in [0, 0.05) is 34.6 Å². The monoisotopic (exact) mass is 508 g/mol. The molecule has 0 aliphatic carbocycles. The second-order valence-electron chi connectivity index (χ2n) is 8.21. The van der Waals surface area contributed by atoms with Crippen LogP contribution in [0.3, 0.4) is 0 Å². The van der Waals surface area contributed by atoms with Crippen LogP contribution in [0.25, 0.3) is 0 Å². The van der Waals surface area contributed by atoms with E-state index in [9.17, 15) is 9.59 Å². The Morgan fingerprint density at radius 2 is 1.59 bits per heavy atom. The Balaban J connectivity index is 2.24. The second kappa shape index (κ2) is 13.4. The standard InChI is InChI=1S/C26H34Cl2N2O4/c1-6-33-23-13-11-19(15-24(23)34-7-2)12-14-25(31)30(18(5)26(32)29-17(3)4)16-20-21(27)9-8-10-22(20)28/h8-11,13,15,17-18H,6-7,12,14,16H2,1-5H3,(H,29,32)/t18-/m1/s1. The fourth-order valence-corrected chi connectivity index (χ4v) is 4.00. The molecule has 1 atom stereocenters. The van der Waals surface area contributed by atoms with E-state index in [1.165, 1.54) is 4.90 Å². The van der Waals surface area contributed by atoms with Crippen LogP contribution >= 0.6 is 23.2 Å². The minimum absolute atomic E-state index is 0.0448. The molecule has 2 aromatic carbocycles. The van der Waals surface area contributed by atoms with Crippen LogP contribution in [0.1, 0.15) is 52.2 Å². The van der Waals surface area contributed by atoms with Crippen molar-refractivity contribution in [1.82, 2.24) is 10.2 Å². The predicted molar refractivity (Wildman–Crippen MR) is 137 cm³/mol. The lowest BCUT2D eigenvalue weighted by Crippen LogP contribution is -2.49. The van der Waals surface area contributed by atoms with Crippen molar-refractivity contribution in [3.8, 4) is 11.5 Å². The van der Waals surface area contributed by atoms with E-state index in [1.54, 1.807) is 25.1 Å². The third-order valence-electron chi connectivity index (χ3n) is 5.22. The highest BCUT2D eigenvalue weighted by atomic mass is 35.5. The zero-order chi connectivity index (χ0) is 25.3. The highest BCUT2D eigenvalue weighted by molar-refractivity contribution is 6.36. The van der Waals surface area contributed by atoms with Crippen molar-refractivity contribution in [2.45, 2.75) is 66.1 Å². The fourth-order valence-electron chi connectivity index (χ4n) is 3.49. The Morgan fingerprint density at radius 3 is 2.18 bits per heavy atom. The fraction of sp³-hybridized carbons (Fsp3) is 0.462. The number of benzene rings is 2. The van der Waals surface area contributed by atoms with Gasteiger partial charge in [-0.3, -0.25) is 9.59 Å². The third kappa shape index (κ3) is 7.81. The van der Waals surface area contributed by atoms with Gasteiger partial charge in [0.15, 0.2) is 11.5 Å².